The van der Waals surface area contributed by atoms with Crippen LogP contribution in [-0.4, -0.2) is 28.2 Å². The molecule has 1 N–H and O–H groups in total. The number of phenolic OH excluding ortho intramolecular Hbond substituents is 1. The zero-order valence-electron chi connectivity index (χ0n) is 8.51. The van der Waals surface area contributed by atoms with E-state index in [1.807, 2.05) is 0 Å². The highest BCUT2D eigenvalue weighted by molar-refractivity contribution is 8.18. The number of hydrogen-bond acceptors (Lipinski definition) is 4. The molecule has 1 heterocycles. The third kappa shape index (κ3) is 1.81. The van der Waals surface area contributed by atoms with Crippen LogP contribution in [0.15, 0.2) is 29.2 Å². The van der Waals surface area contributed by atoms with Gasteiger partial charge in [0.15, 0.2) is 0 Å². The second-order valence-electron chi connectivity index (χ2n) is 3.30. The number of benzene rings is 1. The van der Waals surface area contributed by atoms with Crippen molar-refractivity contribution in [3.8, 4) is 5.75 Å². The Hall–Kier alpha value is -1.75. The fraction of sp³-hybridized carbons (Fsp3) is 0.0909. The van der Waals surface area contributed by atoms with Gasteiger partial charge < -0.3 is 5.11 Å². The van der Waals surface area contributed by atoms with E-state index in [1.54, 1.807) is 18.2 Å². The van der Waals surface area contributed by atoms with Crippen molar-refractivity contribution in [3.05, 3.63) is 34.7 Å². The summed E-state index contributed by atoms with van der Waals surface area (Å²) in [4.78, 5) is 24.2. The minimum absolute atomic E-state index is 0.0883. The Morgan fingerprint density at radius 1 is 1.31 bits per heavy atom. The standard InChI is InChI=1S/C11H9NO3S/c1-12-10(14)9(16-11(12)15)6-7-4-2-3-5-8(7)13/h2-6,13H,1H3. The Morgan fingerprint density at radius 3 is 2.56 bits per heavy atom. The van der Waals surface area contributed by atoms with Crippen molar-refractivity contribution in [1.82, 2.24) is 4.90 Å². The number of rotatable bonds is 1. The Balaban J connectivity index is 2.37. The summed E-state index contributed by atoms with van der Waals surface area (Å²) in [5.74, 6) is -0.247. The van der Waals surface area contributed by atoms with Crippen molar-refractivity contribution in [3.63, 3.8) is 0 Å². The molecule has 0 spiro atoms. The average molecular weight is 235 g/mol. The second-order valence-corrected chi connectivity index (χ2v) is 4.29. The first-order valence-corrected chi connectivity index (χ1v) is 5.41. The topological polar surface area (TPSA) is 57.6 Å². The number of carbonyl (C=O) groups is 2. The number of thioether (sulfide) groups is 1. The highest BCUT2D eigenvalue weighted by Crippen LogP contribution is 2.32. The van der Waals surface area contributed by atoms with Crippen LogP contribution in [0.2, 0.25) is 0 Å². The Morgan fingerprint density at radius 2 is 2.00 bits per heavy atom. The van der Waals surface area contributed by atoms with E-state index < -0.39 is 0 Å². The normalized spacial score (nSPS) is 18.6. The van der Waals surface area contributed by atoms with Gasteiger partial charge in [-0.1, -0.05) is 18.2 Å². The third-order valence-corrected chi connectivity index (χ3v) is 3.17. The maximum Gasteiger partial charge on any atom is 0.293 e. The summed E-state index contributed by atoms with van der Waals surface area (Å²) in [7, 11) is 1.43. The number of phenols is 1. The first-order valence-electron chi connectivity index (χ1n) is 4.59. The van der Waals surface area contributed by atoms with Crippen LogP contribution in [0.4, 0.5) is 4.79 Å². The number of para-hydroxylation sites is 1. The zero-order valence-corrected chi connectivity index (χ0v) is 9.32. The number of carbonyl (C=O) groups excluding carboxylic acids is 2. The molecule has 1 aromatic carbocycles. The number of nitrogens with zero attached hydrogens (tertiary/aromatic N) is 1. The molecule has 0 saturated carbocycles. The van der Waals surface area contributed by atoms with Crippen molar-refractivity contribution in [2.45, 2.75) is 0 Å². The van der Waals surface area contributed by atoms with Crippen LogP contribution in [0.5, 0.6) is 5.75 Å². The van der Waals surface area contributed by atoms with Gasteiger partial charge in [-0.3, -0.25) is 14.5 Å². The summed E-state index contributed by atoms with van der Waals surface area (Å²) in [6, 6.07) is 6.65. The van der Waals surface area contributed by atoms with Crippen LogP contribution in [0, 0.1) is 0 Å². The number of imide groups is 1. The van der Waals surface area contributed by atoms with Crippen molar-refractivity contribution in [2.24, 2.45) is 0 Å². The first kappa shape index (κ1) is 10.8. The van der Waals surface area contributed by atoms with Gasteiger partial charge >= 0.3 is 0 Å². The van der Waals surface area contributed by atoms with Crippen molar-refractivity contribution >= 4 is 29.0 Å². The fourth-order valence-electron chi connectivity index (χ4n) is 1.30. The molecule has 1 fully saturated rings. The van der Waals surface area contributed by atoms with Gasteiger partial charge in [0.2, 0.25) is 0 Å². The van der Waals surface area contributed by atoms with Crippen molar-refractivity contribution < 1.29 is 14.7 Å². The van der Waals surface area contributed by atoms with Gasteiger partial charge in [-0.05, 0) is 23.9 Å². The number of likely N-dealkylation sites (N-methyl/N-ethyl adjacent to an activating group) is 1. The van der Waals surface area contributed by atoms with E-state index in [4.69, 9.17) is 0 Å². The maximum absolute atomic E-state index is 11.6. The van der Waals surface area contributed by atoms with E-state index in [0.717, 1.165) is 16.7 Å². The molecule has 1 aliphatic rings. The monoisotopic (exact) mass is 235 g/mol. The quantitative estimate of drug-likeness (QED) is 0.757. The summed E-state index contributed by atoms with van der Waals surface area (Å²) in [5, 5.41) is 9.23. The Labute approximate surface area is 96.6 Å². The molecule has 1 aromatic rings. The summed E-state index contributed by atoms with van der Waals surface area (Å²) in [5.41, 5.74) is 0.529. The largest absolute Gasteiger partial charge is 0.507 e. The van der Waals surface area contributed by atoms with Gasteiger partial charge in [-0.25, -0.2) is 0 Å². The highest BCUT2D eigenvalue weighted by Gasteiger charge is 2.31. The van der Waals surface area contributed by atoms with Crippen LogP contribution in [0.1, 0.15) is 5.56 Å². The average Bonchev–Trinajstić information content (AvgIpc) is 2.50. The van der Waals surface area contributed by atoms with Crippen molar-refractivity contribution in [1.29, 1.82) is 0 Å². The van der Waals surface area contributed by atoms with Gasteiger partial charge in [-0.15, -0.1) is 0 Å². The van der Waals surface area contributed by atoms with E-state index in [0.29, 0.717) is 10.5 Å². The van der Waals surface area contributed by atoms with Gasteiger partial charge in [0.1, 0.15) is 5.75 Å². The van der Waals surface area contributed by atoms with Crippen LogP contribution < -0.4 is 0 Å². The SMILES string of the molecule is CN1C(=O)SC(=Cc2ccccc2O)C1=O. The van der Waals surface area contributed by atoms with E-state index in [-0.39, 0.29) is 16.9 Å². The lowest BCUT2D eigenvalue weighted by atomic mass is 10.2. The first-order chi connectivity index (χ1) is 7.59. The van der Waals surface area contributed by atoms with Gasteiger partial charge in [0, 0.05) is 12.6 Å². The predicted molar refractivity (Wildman–Crippen MR) is 61.8 cm³/mol. The van der Waals surface area contributed by atoms with E-state index in [2.05, 4.69) is 0 Å². The van der Waals surface area contributed by atoms with E-state index >= 15 is 0 Å². The zero-order chi connectivity index (χ0) is 11.7. The molecule has 0 aromatic heterocycles. The van der Waals surface area contributed by atoms with E-state index in [1.165, 1.54) is 19.2 Å². The van der Waals surface area contributed by atoms with Gasteiger partial charge in [-0.2, -0.15) is 0 Å². The lowest BCUT2D eigenvalue weighted by Crippen LogP contribution is -2.22. The molecule has 16 heavy (non-hydrogen) atoms. The molecule has 1 saturated heterocycles. The van der Waals surface area contributed by atoms with Crippen LogP contribution in [0.3, 0.4) is 0 Å². The molecular formula is C11H9NO3S. The molecule has 2 amide bonds. The second kappa shape index (κ2) is 4.02. The summed E-state index contributed by atoms with van der Waals surface area (Å²) in [6.45, 7) is 0. The van der Waals surface area contributed by atoms with Crippen LogP contribution >= 0.6 is 11.8 Å². The molecule has 5 heteroatoms. The van der Waals surface area contributed by atoms with E-state index in [9.17, 15) is 14.7 Å². The fourth-order valence-corrected chi connectivity index (χ4v) is 2.11. The van der Waals surface area contributed by atoms with Crippen molar-refractivity contribution in [2.75, 3.05) is 7.05 Å². The highest BCUT2D eigenvalue weighted by atomic mass is 32.2. The summed E-state index contributed by atoms with van der Waals surface area (Å²) in [6.07, 6.45) is 1.52. The van der Waals surface area contributed by atoms with Gasteiger partial charge in [0.05, 0.1) is 4.91 Å². The Bertz CT molecular complexity index is 496. The maximum atomic E-state index is 11.6. The molecule has 0 atom stereocenters. The minimum Gasteiger partial charge on any atom is -0.507 e. The molecule has 0 bridgehead atoms. The molecule has 4 nitrogen and oxygen atoms in total. The van der Waals surface area contributed by atoms with Crippen LogP contribution in [-0.2, 0) is 4.79 Å². The molecule has 0 radical (unpaired) electrons. The lowest BCUT2D eigenvalue weighted by molar-refractivity contribution is -0.121. The number of amides is 2. The lowest BCUT2D eigenvalue weighted by Gasteiger charge is -2.01. The Kier molecular flexibility index (Phi) is 2.70. The number of aromatic hydroxyl groups is 1. The summed E-state index contributed by atoms with van der Waals surface area (Å²) >= 11 is 0.873. The number of hydrogen-bond donors (Lipinski definition) is 1. The molecule has 0 unspecified atom stereocenters. The smallest absolute Gasteiger partial charge is 0.293 e. The predicted octanol–water partition coefficient (Wildman–Crippen LogP) is 2.06. The summed E-state index contributed by atoms with van der Waals surface area (Å²) < 4.78 is 0. The third-order valence-electron chi connectivity index (χ3n) is 2.21. The molecular weight excluding hydrogens is 226 g/mol. The molecule has 82 valence electrons. The van der Waals surface area contributed by atoms with Gasteiger partial charge in [0.25, 0.3) is 11.1 Å². The molecule has 1 aliphatic heterocycles. The molecule has 2 rings (SSSR count). The molecule has 0 aliphatic carbocycles. The van der Waals surface area contributed by atoms with Crippen LogP contribution in [0.25, 0.3) is 6.08 Å². The minimum atomic E-state index is -0.335.